The molecule has 0 radical (unpaired) electrons. The Hall–Kier alpha value is -3.06. The SMILES string of the molecule is CNc1c(C2CC2)nc2cc(Cl)ccc2c1N1CCN(C(=O)Nc2ccc(F)cc2)CC1. The summed E-state index contributed by atoms with van der Waals surface area (Å²) in [6.45, 7) is 2.59. The van der Waals surface area contributed by atoms with Crippen molar-refractivity contribution in [1.29, 1.82) is 0 Å². The van der Waals surface area contributed by atoms with Gasteiger partial charge in [0, 0.05) is 55.2 Å². The molecule has 1 saturated carbocycles. The molecule has 32 heavy (non-hydrogen) atoms. The largest absolute Gasteiger partial charge is 0.385 e. The van der Waals surface area contributed by atoms with Crippen LogP contribution in [0.25, 0.3) is 10.9 Å². The summed E-state index contributed by atoms with van der Waals surface area (Å²) >= 11 is 6.27. The molecule has 2 heterocycles. The third-order valence-electron chi connectivity index (χ3n) is 6.14. The summed E-state index contributed by atoms with van der Waals surface area (Å²) in [6, 6.07) is 11.5. The second kappa shape index (κ2) is 8.47. The molecule has 5 rings (SSSR count). The number of rotatable bonds is 4. The van der Waals surface area contributed by atoms with Crippen molar-refractivity contribution in [3.63, 3.8) is 0 Å². The van der Waals surface area contributed by atoms with Crippen LogP contribution >= 0.6 is 11.6 Å². The van der Waals surface area contributed by atoms with Gasteiger partial charge in [-0.25, -0.2) is 9.18 Å². The smallest absolute Gasteiger partial charge is 0.321 e. The molecule has 0 spiro atoms. The number of urea groups is 1. The highest BCUT2D eigenvalue weighted by Gasteiger charge is 2.32. The molecular weight excluding hydrogens is 429 g/mol. The fourth-order valence-electron chi connectivity index (χ4n) is 4.34. The fourth-order valence-corrected chi connectivity index (χ4v) is 4.50. The lowest BCUT2D eigenvalue weighted by atomic mass is 10.1. The molecule has 2 aromatic carbocycles. The van der Waals surface area contributed by atoms with Crippen molar-refractivity contribution < 1.29 is 9.18 Å². The molecule has 166 valence electrons. The van der Waals surface area contributed by atoms with Crippen LogP contribution in [0.2, 0.25) is 5.02 Å². The third-order valence-corrected chi connectivity index (χ3v) is 6.38. The van der Waals surface area contributed by atoms with Gasteiger partial charge in [-0.05, 0) is 55.3 Å². The first-order valence-corrected chi connectivity index (χ1v) is 11.3. The number of carbonyl (C=O) groups is 1. The maximum absolute atomic E-state index is 13.1. The van der Waals surface area contributed by atoms with Gasteiger partial charge in [-0.15, -0.1) is 0 Å². The lowest BCUT2D eigenvalue weighted by Crippen LogP contribution is -2.50. The van der Waals surface area contributed by atoms with Gasteiger partial charge in [0.25, 0.3) is 0 Å². The predicted molar refractivity (Wildman–Crippen MR) is 127 cm³/mol. The second-order valence-corrected chi connectivity index (χ2v) is 8.75. The van der Waals surface area contributed by atoms with Gasteiger partial charge < -0.3 is 20.4 Å². The molecule has 0 atom stereocenters. The number of nitrogens with zero attached hydrogens (tertiary/aromatic N) is 3. The van der Waals surface area contributed by atoms with E-state index in [9.17, 15) is 9.18 Å². The normalized spacial score (nSPS) is 16.3. The number of halogens is 2. The van der Waals surface area contributed by atoms with Crippen LogP contribution in [0.1, 0.15) is 24.5 Å². The van der Waals surface area contributed by atoms with Crippen LogP contribution in [0.4, 0.5) is 26.2 Å². The van der Waals surface area contributed by atoms with E-state index < -0.39 is 0 Å². The average Bonchev–Trinajstić information content (AvgIpc) is 3.64. The zero-order valence-corrected chi connectivity index (χ0v) is 18.6. The zero-order valence-electron chi connectivity index (χ0n) is 17.9. The summed E-state index contributed by atoms with van der Waals surface area (Å²) in [5.41, 5.74) is 4.81. The minimum atomic E-state index is -0.326. The van der Waals surface area contributed by atoms with Crippen LogP contribution in [-0.2, 0) is 0 Å². The molecule has 8 heteroatoms. The first-order valence-electron chi connectivity index (χ1n) is 10.9. The summed E-state index contributed by atoms with van der Waals surface area (Å²) in [4.78, 5) is 21.8. The van der Waals surface area contributed by atoms with E-state index in [1.807, 2.05) is 25.2 Å². The minimum Gasteiger partial charge on any atom is -0.385 e. The number of nitrogens with one attached hydrogen (secondary N) is 2. The van der Waals surface area contributed by atoms with E-state index in [0.29, 0.717) is 42.8 Å². The van der Waals surface area contributed by atoms with E-state index in [-0.39, 0.29) is 11.8 Å². The molecular formula is C24H25ClFN5O. The monoisotopic (exact) mass is 453 g/mol. The van der Waals surface area contributed by atoms with Crippen LogP contribution in [0.3, 0.4) is 0 Å². The molecule has 2 fully saturated rings. The first kappa shape index (κ1) is 20.8. The molecule has 2 N–H and O–H groups in total. The highest BCUT2D eigenvalue weighted by Crippen LogP contribution is 2.47. The van der Waals surface area contributed by atoms with E-state index in [1.54, 1.807) is 17.0 Å². The van der Waals surface area contributed by atoms with Crippen molar-refractivity contribution >= 4 is 45.6 Å². The molecule has 2 amide bonds. The van der Waals surface area contributed by atoms with Gasteiger partial charge in [0.1, 0.15) is 5.82 Å². The topological polar surface area (TPSA) is 60.5 Å². The van der Waals surface area contributed by atoms with E-state index in [4.69, 9.17) is 16.6 Å². The Morgan fingerprint density at radius 1 is 1.09 bits per heavy atom. The van der Waals surface area contributed by atoms with E-state index in [2.05, 4.69) is 15.5 Å². The van der Waals surface area contributed by atoms with E-state index >= 15 is 0 Å². The van der Waals surface area contributed by atoms with Crippen molar-refractivity contribution in [1.82, 2.24) is 9.88 Å². The maximum atomic E-state index is 13.1. The number of amides is 2. The standard InChI is InChI=1S/C24H25ClFN5O/c1-27-22-21(15-2-3-15)29-20-14-16(25)4-9-19(20)23(22)30-10-12-31(13-11-30)24(32)28-18-7-5-17(26)6-8-18/h4-9,14-15,27H,2-3,10-13H2,1H3,(H,28,32). The van der Waals surface area contributed by atoms with Crippen molar-refractivity contribution in [2.24, 2.45) is 0 Å². The fraction of sp³-hybridized carbons (Fsp3) is 0.333. The van der Waals surface area contributed by atoms with Gasteiger partial charge in [-0.2, -0.15) is 0 Å². The summed E-state index contributed by atoms with van der Waals surface area (Å²) in [5.74, 6) is 0.163. The Kier molecular flexibility index (Phi) is 5.51. The van der Waals surface area contributed by atoms with Gasteiger partial charge in [-0.3, -0.25) is 4.98 Å². The highest BCUT2D eigenvalue weighted by atomic mass is 35.5. The van der Waals surface area contributed by atoms with Crippen molar-refractivity contribution in [3.8, 4) is 0 Å². The molecule has 0 bridgehead atoms. The Morgan fingerprint density at radius 2 is 1.81 bits per heavy atom. The first-order chi connectivity index (χ1) is 15.5. The molecule has 6 nitrogen and oxygen atoms in total. The molecule has 1 saturated heterocycles. The van der Waals surface area contributed by atoms with Crippen molar-refractivity contribution in [3.05, 3.63) is 59.0 Å². The van der Waals surface area contributed by atoms with Crippen molar-refractivity contribution in [2.45, 2.75) is 18.8 Å². The summed E-state index contributed by atoms with van der Waals surface area (Å²) in [5, 5.41) is 7.99. The maximum Gasteiger partial charge on any atom is 0.321 e. The summed E-state index contributed by atoms with van der Waals surface area (Å²) in [7, 11) is 1.94. The number of pyridine rings is 1. The summed E-state index contributed by atoms with van der Waals surface area (Å²) < 4.78 is 13.1. The molecule has 1 aliphatic carbocycles. The third kappa shape index (κ3) is 4.05. The van der Waals surface area contributed by atoms with Crippen LogP contribution in [0, 0.1) is 5.82 Å². The Balaban J connectivity index is 1.38. The van der Waals surface area contributed by atoms with Gasteiger partial charge in [0.05, 0.1) is 22.6 Å². The number of hydrogen-bond donors (Lipinski definition) is 2. The molecule has 1 aromatic heterocycles. The lowest BCUT2D eigenvalue weighted by Gasteiger charge is -2.37. The second-order valence-electron chi connectivity index (χ2n) is 8.32. The lowest BCUT2D eigenvalue weighted by molar-refractivity contribution is 0.208. The Labute approximate surface area is 191 Å². The van der Waals surface area contributed by atoms with Gasteiger partial charge in [0.2, 0.25) is 0 Å². The molecule has 3 aromatic rings. The van der Waals surface area contributed by atoms with Gasteiger partial charge in [-0.1, -0.05) is 11.6 Å². The highest BCUT2D eigenvalue weighted by molar-refractivity contribution is 6.31. The minimum absolute atomic E-state index is 0.171. The number of aromatic nitrogens is 1. The van der Waals surface area contributed by atoms with E-state index in [0.717, 1.165) is 40.8 Å². The summed E-state index contributed by atoms with van der Waals surface area (Å²) in [6.07, 6.45) is 2.31. The number of anilines is 3. The number of benzene rings is 2. The van der Waals surface area contributed by atoms with Gasteiger partial charge in [0.15, 0.2) is 0 Å². The van der Waals surface area contributed by atoms with Crippen molar-refractivity contribution in [2.75, 3.05) is 48.8 Å². The Bertz CT molecular complexity index is 1160. The van der Waals surface area contributed by atoms with Crippen LogP contribution in [0.5, 0.6) is 0 Å². The number of hydrogen-bond acceptors (Lipinski definition) is 4. The van der Waals surface area contributed by atoms with Crippen LogP contribution in [-0.4, -0.2) is 49.1 Å². The number of fused-ring (bicyclic) bond motifs is 1. The average molecular weight is 454 g/mol. The van der Waals surface area contributed by atoms with E-state index in [1.165, 1.54) is 12.1 Å². The molecule has 2 aliphatic rings. The number of piperazine rings is 1. The van der Waals surface area contributed by atoms with Crippen LogP contribution in [0.15, 0.2) is 42.5 Å². The van der Waals surface area contributed by atoms with Gasteiger partial charge >= 0.3 is 6.03 Å². The predicted octanol–water partition coefficient (Wildman–Crippen LogP) is 5.30. The number of carbonyl (C=O) groups excluding carboxylic acids is 1. The van der Waals surface area contributed by atoms with Crippen LogP contribution < -0.4 is 15.5 Å². The molecule has 1 aliphatic heterocycles. The zero-order chi connectivity index (χ0) is 22.2. The quantitative estimate of drug-likeness (QED) is 0.562. The molecule has 0 unspecified atom stereocenters. The Morgan fingerprint density at radius 3 is 2.47 bits per heavy atom.